The largest absolute Gasteiger partial charge is 0.493 e. The first-order chi connectivity index (χ1) is 10.3. The highest BCUT2D eigenvalue weighted by atomic mass is 32.2. The molecule has 3 aliphatic heterocycles. The fourth-order valence-electron chi connectivity index (χ4n) is 3.21. The smallest absolute Gasteiger partial charge is 0.157 e. The van der Waals surface area contributed by atoms with Crippen molar-refractivity contribution in [3.8, 4) is 5.75 Å². The van der Waals surface area contributed by atoms with Gasteiger partial charge in [0.25, 0.3) is 0 Å². The number of hydrogen-bond acceptors (Lipinski definition) is 4. The molecule has 0 saturated carbocycles. The average Bonchev–Trinajstić information content (AvgIpc) is 2.91. The Bertz CT molecular complexity index is 555. The lowest BCUT2D eigenvalue weighted by Gasteiger charge is -2.32. The molecule has 1 unspecified atom stereocenters. The Labute approximate surface area is 129 Å². The summed E-state index contributed by atoms with van der Waals surface area (Å²) in [5, 5.41) is 4.77. The number of hydrogen-bond donors (Lipinski definition) is 1. The number of rotatable bonds is 1. The van der Waals surface area contributed by atoms with E-state index in [2.05, 4.69) is 17.4 Å². The lowest BCUT2D eigenvalue weighted by atomic mass is 9.93. The van der Waals surface area contributed by atoms with Crippen LogP contribution in [0.25, 0.3) is 0 Å². The van der Waals surface area contributed by atoms with E-state index in [1.54, 1.807) is 0 Å². The minimum atomic E-state index is 0.215. The Morgan fingerprint density at radius 1 is 1.19 bits per heavy atom. The maximum absolute atomic E-state index is 5.71. The Morgan fingerprint density at radius 3 is 2.95 bits per heavy atom. The fraction of sp³-hybridized carbons (Fsp3) is 0.562. The molecule has 2 saturated heterocycles. The van der Waals surface area contributed by atoms with E-state index in [4.69, 9.17) is 14.5 Å². The molecule has 1 spiro atoms. The second-order valence-corrected chi connectivity index (χ2v) is 6.90. The molecule has 3 heterocycles. The van der Waals surface area contributed by atoms with E-state index in [1.165, 1.54) is 5.56 Å². The van der Waals surface area contributed by atoms with Crippen LogP contribution in [0.4, 0.5) is 0 Å². The Balaban J connectivity index is 1.54. The summed E-state index contributed by atoms with van der Waals surface area (Å²) < 4.78 is 11.2. The van der Waals surface area contributed by atoms with E-state index in [0.29, 0.717) is 0 Å². The quantitative estimate of drug-likeness (QED) is 0.866. The van der Waals surface area contributed by atoms with Crippen molar-refractivity contribution in [2.45, 2.75) is 30.8 Å². The standard InChI is InChI=1S/C16H20N2O2S/c1-2-4-14-12(3-1)13(5-8-20-14)17-15-18-16(11-21-15)6-9-19-10-7-16/h1-4,13H,5-11H2,(H,17,18). The Hall–Kier alpha value is -1.20. The normalized spacial score (nSPS) is 29.0. The van der Waals surface area contributed by atoms with E-state index in [-0.39, 0.29) is 11.6 Å². The van der Waals surface area contributed by atoms with Crippen LogP contribution in [0.15, 0.2) is 29.3 Å². The van der Waals surface area contributed by atoms with Crippen LogP contribution in [0.3, 0.4) is 0 Å². The van der Waals surface area contributed by atoms with Crippen LogP contribution in [0.2, 0.25) is 0 Å². The van der Waals surface area contributed by atoms with E-state index in [0.717, 1.165) is 55.8 Å². The summed E-state index contributed by atoms with van der Waals surface area (Å²) in [5.74, 6) is 2.10. The molecule has 5 heteroatoms. The van der Waals surface area contributed by atoms with Crippen molar-refractivity contribution < 1.29 is 9.47 Å². The number of para-hydroxylation sites is 1. The van der Waals surface area contributed by atoms with E-state index < -0.39 is 0 Å². The highest BCUT2D eigenvalue weighted by molar-refractivity contribution is 8.14. The van der Waals surface area contributed by atoms with Crippen molar-refractivity contribution in [3.63, 3.8) is 0 Å². The fourth-order valence-corrected chi connectivity index (χ4v) is 4.47. The zero-order chi connectivity index (χ0) is 14.1. The van der Waals surface area contributed by atoms with Crippen LogP contribution in [0, 0.1) is 0 Å². The van der Waals surface area contributed by atoms with Gasteiger partial charge in [0.15, 0.2) is 5.17 Å². The predicted octanol–water partition coefficient (Wildman–Crippen LogP) is 2.75. The van der Waals surface area contributed by atoms with Gasteiger partial charge in [-0.2, -0.15) is 0 Å². The average molecular weight is 304 g/mol. The summed E-state index contributed by atoms with van der Waals surface area (Å²) in [6.07, 6.45) is 3.13. The van der Waals surface area contributed by atoms with Gasteiger partial charge in [0.2, 0.25) is 0 Å². The van der Waals surface area contributed by atoms with Crippen molar-refractivity contribution in [2.24, 2.45) is 4.99 Å². The summed E-state index contributed by atoms with van der Waals surface area (Å²) in [7, 11) is 0. The molecular formula is C16H20N2O2S. The number of nitrogens with one attached hydrogen (secondary N) is 1. The van der Waals surface area contributed by atoms with Gasteiger partial charge in [-0.25, -0.2) is 0 Å². The van der Waals surface area contributed by atoms with Gasteiger partial charge in [-0.1, -0.05) is 30.0 Å². The molecule has 112 valence electrons. The van der Waals surface area contributed by atoms with Gasteiger partial charge in [0, 0.05) is 31.0 Å². The van der Waals surface area contributed by atoms with E-state index in [1.807, 2.05) is 23.9 Å². The third-order valence-corrected chi connectivity index (χ3v) is 5.68. The first-order valence-corrected chi connectivity index (χ1v) is 8.62. The summed E-state index contributed by atoms with van der Waals surface area (Å²) in [6.45, 7) is 2.48. The Morgan fingerprint density at radius 2 is 2.05 bits per heavy atom. The lowest BCUT2D eigenvalue weighted by Crippen LogP contribution is -2.48. The van der Waals surface area contributed by atoms with Gasteiger partial charge in [0.05, 0.1) is 18.2 Å². The molecule has 4 nitrogen and oxygen atoms in total. The molecule has 2 fully saturated rings. The third kappa shape index (κ3) is 2.64. The lowest BCUT2D eigenvalue weighted by molar-refractivity contribution is 0.0555. The monoisotopic (exact) mass is 304 g/mol. The second kappa shape index (κ2) is 5.54. The van der Waals surface area contributed by atoms with Crippen LogP contribution in [-0.4, -0.2) is 36.3 Å². The van der Waals surface area contributed by atoms with Gasteiger partial charge in [-0.15, -0.1) is 0 Å². The molecule has 0 radical (unpaired) electrons. The number of fused-ring (bicyclic) bond motifs is 1. The zero-order valence-electron chi connectivity index (χ0n) is 12.0. The van der Waals surface area contributed by atoms with Gasteiger partial charge >= 0.3 is 0 Å². The highest BCUT2D eigenvalue weighted by Gasteiger charge is 2.39. The SMILES string of the molecule is c1ccc2c(c1)OCCC2N=C1NC2(CCOCC2)CS1. The zero-order valence-corrected chi connectivity index (χ0v) is 12.8. The molecule has 1 atom stereocenters. The summed E-state index contributed by atoms with van der Waals surface area (Å²) in [6, 6.07) is 8.48. The molecule has 21 heavy (non-hydrogen) atoms. The van der Waals surface area contributed by atoms with Crippen molar-refractivity contribution in [1.82, 2.24) is 5.32 Å². The van der Waals surface area contributed by atoms with Crippen molar-refractivity contribution in [3.05, 3.63) is 29.8 Å². The van der Waals surface area contributed by atoms with Gasteiger partial charge < -0.3 is 14.8 Å². The predicted molar refractivity (Wildman–Crippen MR) is 85.1 cm³/mol. The number of amidine groups is 1. The topological polar surface area (TPSA) is 42.8 Å². The maximum atomic E-state index is 5.71. The van der Waals surface area contributed by atoms with Gasteiger partial charge in [-0.3, -0.25) is 4.99 Å². The van der Waals surface area contributed by atoms with E-state index in [9.17, 15) is 0 Å². The number of ether oxygens (including phenoxy) is 2. The molecule has 0 bridgehead atoms. The van der Waals surface area contributed by atoms with Crippen LogP contribution in [0.1, 0.15) is 30.9 Å². The minimum absolute atomic E-state index is 0.215. The number of benzene rings is 1. The molecule has 0 aliphatic carbocycles. The first-order valence-electron chi connectivity index (χ1n) is 7.63. The van der Waals surface area contributed by atoms with Crippen LogP contribution in [-0.2, 0) is 4.74 Å². The first kappa shape index (κ1) is 13.5. The molecule has 3 aliphatic rings. The molecule has 4 rings (SSSR count). The van der Waals surface area contributed by atoms with Crippen molar-refractivity contribution in [1.29, 1.82) is 0 Å². The molecule has 0 amide bonds. The molecule has 1 N–H and O–H groups in total. The van der Waals surface area contributed by atoms with E-state index >= 15 is 0 Å². The number of nitrogens with zero attached hydrogens (tertiary/aromatic N) is 1. The highest BCUT2D eigenvalue weighted by Crippen LogP contribution is 2.37. The van der Waals surface area contributed by atoms with Gasteiger partial charge in [0.1, 0.15) is 5.75 Å². The summed E-state index contributed by atoms with van der Waals surface area (Å²) in [5.41, 5.74) is 1.43. The summed E-state index contributed by atoms with van der Waals surface area (Å²) in [4.78, 5) is 4.97. The Kier molecular flexibility index (Phi) is 3.55. The molecule has 1 aromatic carbocycles. The minimum Gasteiger partial charge on any atom is -0.493 e. The van der Waals surface area contributed by atoms with Crippen LogP contribution < -0.4 is 10.1 Å². The molecular weight excluding hydrogens is 284 g/mol. The second-order valence-electron chi connectivity index (χ2n) is 5.93. The van der Waals surface area contributed by atoms with Crippen LogP contribution >= 0.6 is 11.8 Å². The van der Waals surface area contributed by atoms with Crippen molar-refractivity contribution in [2.75, 3.05) is 25.6 Å². The van der Waals surface area contributed by atoms with Gasteiger partial charge in [-0.05, 0) is 18.9 Å². The van der Waals surface area contributed by atoms with Crippen LogP contribution in [0.5, 0.6) is 5.75 Å². The number of aliphatic imine (C=N–C) groups is 1. The summed E-state index contributed by atoms with van der Waals surface area (Å²) >= 11 is 1.86. The third-order valence-electron chi connectivity index (χ3n) is 4.51. The number of thioether (sulfide) groups is 1. The molecule has 0 aromatic heterocycles. The molecule has 1 aromatic rings. The maximum Gasteiger partial charge on any atom is 0.157 e. The van der Waals surface area contributed by atoms with Crippen molar-refractivity contribution >= 4 is 16.9 Å².